The van der Waals surface area contributed by atoms with Gasteiger partial charge in [0.25, 0.3) is 0 Å². The zero-order valence-corrected chi connectivity index (χ0v) is 14.7. The minimum atomic E-state index is -4.35. The van der Waals surface area contributed by atoms with Crippen molar-refractivity contribution in [3.05, 3.63) is 59.7 Å². The fraction of sp³-hybridized carbons (Fsp3) is 0.278. The van der Waals surface area contributed by atoms with E-state index in [0.29, 0.717) is 17.3 Å². The quantitative estimate of drug-likeness (QED) is 0.730. The van der Waals surface area contributed by atoms with Crippen LogP contribution >= 0.6 is 12.2 Å². The van der Waals surface area contributed by atoms with Crippen molar-refractivity contribution in [1.82, 2.24) is 5.32 Å². The molecular formula is C18H19F3N2OS. The first-order valence-electron chi connectivity index (χ1n) is 7.72. The molecule has 2 aromatic carbocycles. The Balaban J connectivity index is 1.88. The predicted molar refractivity (Wildman–Crippen MR) is 96.7 cm³/mol. The van der Waals surface area contributed by atoms with Gasteiger partial charge in [-0.25, -0.2) is 0 Å². The van der Waals surface area contributed by atoms with Gasteiger partial charge in [0, 0.05) is 12.2 Å². The SMILES string of the molecule is CC(C)Oc1cccc(CNC(=S)Nc2ccc(C(F)(F)F)cc2)c1. The summed E-state index contributed by atoms with van der Waals surface area (Å²) in [6.07, 6.45) is -4.26. The van der Waals surface area contributed by atoms with Crippen molar-refractivity contribution in [2.45, 2.75) is 32.7 Å². The van der Waals surface area contributed by atoms with Gasteiger partial charge in [-0.1, -0.05) is 12.1 Å². The number of hydrogen-bond donors (Lipinski definition) is 2. The van der Waals surface area contributed by atoms with Crippen LogP contribution in [0.1, 0.15) is 25.0 Å². The molecule has 7 heteroatoms. The average molecular weight is 368 g/mol. The summed E-state index contributed by atoms with van der Waals surface area (Å²) in [7, 11) is 0. The maximum Gasteiger partial charge on any atom is 0.416 e. The normalized spacial score (nSPS) is 11.3. The zero-order valence-electron chi connectivity index (χ0n) is 13.9. The summed E-state index contributed by atoms with van der Waals surface area (Å²) in [6.45, 7) is 4.38. The average Bonchev–Trinajstić information content (AvgIpc) is 2.52. The third-order valence-corrected chi connectivity index (χ3v) is 3.44. The van der Waals surface area contributed by atoms with Gasteiger partial charge in [-0.05, 0) is 68.0 Å². The van der Waals surface area contributed by atoms with Gasteiger partial charge in [-0.3, -0.25) is 0 Å². The Kier molecular flexibility index (Phi) is 6.25. The predicted octanol–water partition coefficient (Wildman–Crippen LogP) is 4.98. The summed E-state index contributed by atoms with van der Waals surface area (Å²) in [4.78, 5) is 0. The molecule has 3 nitrogen and oxygen atoms in total. The molecule has 0 aliphatic rings. The van der Waals surface area contributed by atoms with Gasteiger partial charge in [0.15, 0.2) is 5.11 Å². The molecule has 2 N–H and O–H groups in total. The van der Waals surface area contributed by atoms with E-state index in [9.17, 15) is 13.2 Å². The highest BCUT2D eigenvalue weighted by molar-refractivity contribution is 7.80. The first-order chi connectivity index (χ1) is 11.7. The molecule has 0 aromatic heterocycles. The molecule has 0 saturated heterocycles. The van der Waals surface area contributed by atoms with E-state index in [1.165, 1.54) is 12.1 Å². The Morgan fingerprint density at radius 2 is 1.80 bits per heavy atom. The van der Waals surface area contributed by atoms with Crippen molar-refractivity contribution < 1.29 is 17.9 Å². The highest BCUT2D eigenvalue weighted by Crippen LogP contribution is 2.29. The second-order valence-corrected chi connectivity index (χ2v) is 6.11. The van der Waals surface area contributed by atoms with Gasteiger partial charge < -0.3 is 15.4 Å². The van der Waals surface area contributed by atoms with Gasteiger partial charge in [0.05, 0.1) is 11.7 Å². The molecule has 2 rings (SSSR count). The van der Waals surface area contributed by atoms with E-state index < -0.39 is 11.7 Å². The van der Waals surface area contributed by atoms with Gasteiger partial charge in [0.2, 0.25) is 0 Å². The summed E-state index contributed by atoms with van der Waals surface area (Å²) in [5.41, 5.74) is 0.774. The molecular weight excluding hydrogens is 349 g/mol. The monoisotopic (exact) mass is 368 g/mol. The van der Waals surface area contributed by atoms with Crippen LogP contribution in [0.15, 0.2) is 48.5 Å². The number of rotatable bonds is 5. The van der Waals surface area contributed by atoms with Crippen molar-refractivity contribution in [2.24, 2.45) is 0 Å². The highest BCUT2D eigenvalue weighted by Gasteiger charge is 2.29. The number of alkyl halides is 3. The summed E-state index contributed by atoms with van der Waals surface area (Å²) >= 11 is 5.17. The lowest BCUT2D eigenvalue weighted by molar-refractivity contribution is -0.137. The summed E-state index contributed by atoms with van der Waals surface area (Å²) < 4.78 is 43.2. The van der Waals surface area contributed by atoms with Crippen LogP contribution in [0.2, 0.25) is 0 Å². The van der Waals surface area contributed by atoms with Crippen molar-refractivity contribution in [3.63, 3.8) is 0 Å². The van der Waals surface area contributed by atoms with E-state index in [-0.39, 0.29) is 6.10 Å². The molecule has 0 radical (unpaired) electrons. The van der Waals surface area contributed by atoms with Crippen molar-refractivity contribution in [2.75, 3.05) is 5.32 Å². The Hall–Kier alpha value is -2.28. The molecule has 2 aromatic rings. The highest BCUT2D eigenvalue weighted by atomic mass is 32.1. The van der Waals surface area contributed by atoms with E-state index >= 15 is 0 Å². The van der Waals surface area contributed by atoms with Crippen LogP contribution in [-0.4, -0.2) is 11.2 Å². The van der Waals surface area contributed by atoms with Crippen LogP contribution in [0, 0.1) is 0 Å². The largest absolute Gasteiger partial charge is 0.491 e. The molecule has 0 amide bonds. The standard InChI is InChI=1S/C18H19F3N2OS/c1-12(2)24-16-5-3-4-13(10-16)11-22-17(25)23-15-8-6-14(7-9-15)18(19,20)21/h3-10,12H,11H2,1-2H3,(H2,22,23,25). The van der Waals surface area contributed by atoms with Crippen LogP contribution in [0.5, 0.6) is 5.75 Å². The van der Waals surface area contributed by atoms with Crippen molar-refractivity contribution >= 4 is 23.0 Å². The molecule has 0 aliphatic carbocycles. The molecule has 0 aliphatic heterocycles. The molecule has 0 bridgehead atoms. The third-order valence-electron chi connectivity index (χ3n) is 3.19. The third kappa shape index (κ3) is 6.26. The molecule has 0 saturated carbocycles. The van der Waals surface area contributed by atoms with Crippen LogP contribution in [0.3, 0.4) is 0 Å². The Morgan fingerprint density at radius 1 is 1.12 bits per heavy atom. The number of ether oxygens (including phenoxy) is 1. The number of hydrogen-bond acceptors (Lipinski definition) is 2. The van der Waals surface area contributed by atoms with E-state index in [1.54, 1.807) is 0 Å². The van der Waals surface area contributed by atoms with E-state index in [2.05, 4.69) is 10.6 Å². The van der Waals surface area contributed by atoms with Crippen LogP contribution in [0.4, 0.5) is 18.9 Å². The van der Waals surface area contributed by atoms with E-state index in [0.717, 1.165) is 23.4 Å². The van der Waals surface area contributed by atoms with Crippen LogP contribution < -0.4 is 15.4 Å². The Labute approximate surface area is 150 Å². The lowest BCUT2D eigenvalue weighted by atomic mass is 10.2. The first-order valence-corrected chi connectivity index (χ1v) is 8.12. The van der Waals surface area contributed by atoms with Crippen molar-refractivity contribution in [1.29, 1.82) is 0 Å². The molecule has 134 valence electrons. The number of halogens is 3. The summed E-state index contributed by atoms with van der Waals surface area (Å²) in [6, 6.07) is 12.3. The summed E-state index contributed by atoms with van der Waals surface area (Å²) in [5, 5.41) is 6.20. The maximum atomic E-state index is 12.5. The van der Waals surface area contributed by atoms with Crippen LogP contribution in [0.25, 0.3) is 0 Å². The summed E-state index contributed by atoms with van der Waals surface area (Å²) in [5.74, 6) is 0.774. The number of nitrogens with one attached hydrogen (secondary N) is 2. The van der Waals surface area contributed by atoms with E-state index in [1.807, 2.05) is 38.1 Å². The molecule has 25 heavy (non-hydrogen) atoms. The minimum absolute atomic E-state index is 0.0885. The number of thiocarbonyl (C=S) groups is 1. The molecule has 0 heterocycles. The molecule has 0 atom stereocenters. The van der Waals surface area contributed by atoms with Gasteiger partial charge >= 0.3 is 6.18 Å². The Bertz CT molecular complexity index is 715. The molecule has 0 unspecified atom stereocenters. The fourth-order valence-electron chi connectivity index (χ4n) is 2.10. The van der Waals surface area contributed by atoms with Gasteiger partial charge in [-0.2, -0.15) is 13.2 Å². The van der Waals surface area contributed by atoms with Crippen molar-refractivity contribution in [3.8, 4) is 5.75 Å². The Morgan fingerprint density at radius 3 is 2.40 bits per heavy atom. The second-order valence-electron chi connectivity index (χ2n) is 5.70. The maximum absolute atomic E-state index is 12.5. The molecule has 0 spiro atoms. The van der Waals surface area contributed by atoms with Gasteiger partial charge in [0.1, 0.15) is 5.75 Å². The minimum Gasteiger partial charge on any atom is -0.491 e. The topological polar surface area (TPSA) is 33.3 Å². The van der Waals surface area contributed by atoms with E-state index in [4.69, 9.17) is 17.0 Å². The number of anilines is 1. The molecule has 0 fully saturated rings. The smallest absolute Gasteiger partial charge is 0.416 e. The lowest BCUT2D eigenvalue weighted by Crippen LogP contribution is -2.27. The fourth-order valence-corrected chi connectivity index (χ4v) is 2.29. The first kappa shape index (κ1) is 19.1. The van der Waals surface area contributed by atoms with Crippen LogP contribution in [-0.2, 0) is 12.7 Å². The second kappa shape index (κ2) is 8.20. The van der Waals surface area contributed by atoms with Gasteiger partial charge in [-0.15, -0.1) is 0 Å². The number of benzene rings is 2. The zero-order chi connectivity index (χ0) is 18.4. The lowest BCUT2D eigenvalue weighted by Gasteiger charge is -2.13.